The fraction of sp³-hybridized carbons (Fsp3) is 0.273. The summed E-state index contributed by atoms with van der Waals surface area (Å²) in [6.45, 7) is 2.77. The number of likely N-dealkylation sites (tertiary alicyclic amines) is 1. The smallest absolute Gasteiger partial charge is 0.416 e. The van der Waals surface area contributed by atoms with Gasteiger partial charge < -0.3 is 15.0 Å². The monoisotopic (exact) mass is 621 g/mol. The number of nitrogens with zero attached hydrogens (tertiary/aromatic N) is 2. The van der Waals surface area contributed by atoms with Gasteiger partial charge in [-0.25, -0.2) is 4.98 Å². The molecule has 0 radical (unpaired) electrons. The predicted octanol–water partition coefficient (Wildman–Crippen LogP) is 6.75. The van der Waals surface area contributed by atoms with Crippen LogP contribution in [0, 0.1) is 0 Å². The van der Waals surface area contributed by atoms with Crippen molar-refractivity contribution in [2.45, 2.75) is 38.3 Å². The molecule has 11 heteroatoms. The Bertz CT molecular complexity index is 1630. The molecule has 1 fully saturated rings. The Balaban J connectivity index is 1.14. The van der Waals surface area contributed by atoms with E-state index in [9.17, 15) is 27.6 Å². The van der Waals surface area contributed by atoms with Crippen LogP contribution in [0.2, 0.25) is 0 Å². The average Bonchev–Trinajstić information content (AvgIpc) is 3.52. The van der Waals surface area contributed by atoms with Crippen LogP contribution < -0.4 is 10.1 Å². The van der Waals surface area contributed by atoms with Gasteiger partial charge in [0.25, 0.3) is 11.8 Å². The quantitative estimate of drug-likeness (QED) is 0.174. The van der Waals surface area contributed by atoms with Crippen molar-refractivity contribution in [3.05, 3.63) is 106 Å². The highest BCUT2D eigenvalue weighted by Crippen LogP contribution is 2.34. The van der Waals surface area contributed by atoms with Crippen LogP contribution in [0.25, 0.3) is 11.1 Å². The second-order valence-electron chi connectivity index (χ2n) is 10.5. The number of halogens is 3. The fourth-order valence-corrected chi connectivity index (χ4v) is 6.11. The highest BCUT2D eigenvalue weighted by molar-refractivity contribution is 7.09. The van der Waals surface area contributed by atoms with Gasteiger partial charge in [0.2, 0.25) is 0 Å². The third-order valence-electron chi connectivity index (χ3n) is 7.45. The van der Waals surface area contributed by atoms with E-state index in [0.717, 1.165) is 22.7 Å². The van der Waals surface area contributed by atoms with E-state index < -0.39 is 11.7 Å². The summed E-state index contributed by atoms with van der Waals surface area (Å²) in [4.78, 5) is 43.6. The third kappa shape index (κ3) is 7.52. The predicted molar refractivity (Wildman–Crippen MR) is 161 cm³/mol. The number of amides is 2. The number of hydrogen-bond acceptors (Lipinski definition) is 6. The number of nitrogens with one attached hydrogen (secondary N) is 1. The minimum atomic E-state index is -4.43. The highest BCUT2D eigenvalue weighted by Gasteiger charge is 2.31. The summed E-state index contributed by atoms with van der Waals surface area (Å²) in [5.74, 6) is -0.215. The fourth-order valence-electron chi connectivity index (χ4n) is 5.14. The molecule has 0 aliphatic carbocycles. The van der Waals surface area contributed by atoms with E-state index in [1.807, 2.05) is 12.1 Å². The summed E-state index contributed by atoms with van der Waals surface area (Å²) in [5.41, 5.74) is 2.19. The number of carbonyl (C=O) groups is 3. The first-order chi connectivity index (χ1) is 21.1. The largest absolute Gasteiger partial charge is 0.427 e. The standard InChI is InChI=1S/C33H30F3N3O4S/c1-21(40)43-26-12-6-22(7-13-26)14-17-37-30(41)29-20-44-31(38-29)24-15-18-39(19-16-24)32(42)28-5-3-2-4-27(28)23-8-10-25(11-9-23)33(34,35)36/h2-13,20,24H,14-19H2,1H3,(H,37,41). The molecule has 4 aromatic rings. The van der Waals surface area contributed by atoms with E-state index in [4.69, 9.17) is 4.74 Å². The lowest BCUT2D eigenvalue weighted by Crippen LogP contribution is -2.38. The van der Waals surface area contributed by atoms with Gasteiger partial charge in [0, 0.05) is 43.4 Å². The van der Waals surface area contributed by atoms with Crippen molar-refractivity contribution in [3.63, 3.8) is 0 Å². The maximum absolute atomic E-state index is 13.5. The van der Waals surface area contributed by atoms with Crippen LogP contribution >= 0.6 is 11.3 Å². The summed E-state index contributed by atoms with van der Waals surface area (Å²) in [5, 5.41) is 5.49. The van der Waals surface area contributed by atoms with E-state index in [1.165, 1.54) is 30.4 Å². The van der Waals surface area contributed by atoms with Gasteiger partial charge in [-0.3, -0.25) is 14.4 Å². The minimum absolute atomic E-state index is 0.117. The highest BCUT2D eigenvalue weighted by atomic mass is 32.1. The Hall–Kier alpha value is -4.51. The zero-order chi connectivity index (χ0) is 31.3. The molecule has 2 heterocycles. The summed E-state index contributed by atoms with van der Waals surface area (Å²) in [6, 6.07) is 18.9. The molecule has 1 aliphatic heterocycles. The normalized spacial score (nSPS) is 13.9. The Morgan fingerprint density at radius 3 is 2.32 bits per heavy atom. The Kier molecular flexibility index (Phi) is 9.43. The summed E-state index contributed by atoms with van der Waals surface area (Å²) >= 11 is 1.43. The molecule has 1 N–H and O–H groups in total. The van der Waals surface area contributed by atoms with Gasteiger partial charge in [-0.15, -0.1) is 11.3 Å². The molecule has 44 heavy (non-hydrogen) atoms. The zero-order valence-electron chi connectivity index (χ0n) is 23.9. The van der Waals surface area contributed by atoms with E-state index in [-0.39, 0.29) is 23.7 Å². The van der Waals surface area contributed by atoms with Crippen molar-refractivity contribution in [2.24, 2.45) is 0 Å². The molecule has 0 unspecified atom stereocenters. The molecular weight excluding hydrogens is 591 g/mol. The lowest BCUT2D eigenvalue weighted by Gasteiger charge is -2.31. The van der Waals surface area contributed by atoms with Crippen molar-refractivity contribution >= 4 is 29.1 Å². The molecule has 0 saturated carbocycles. The Morgan fingerprint density at radius 2 is 1.66 bits per heavy atom. The van der Waals surface area contributed by atoms with E-state index in [1.54, 1.807) is 46.7 Å². The van der Waals surface area contributed by atoms with E-state index in [0.29, 0.717) is 67.0 Å². The topological polar surface area (TPSA) is 88.6 Å². The number of benzene rings is 3. The number of piperidine rings is 1. The van der Waals surface area contributed by atoms with Crippen LogP contribution in [-0.4, -0.2) is 47.3 Å². The van der Waals surface area contributed by atoms with Crippen molar-refractivity contribution in [1.82, 2.24) is 15.2 Å². The number of hydrogen-bond donors (Lipinski definition) is 1. The van der Waals surface area contributed by atoms with Gasteiger partial charge in [0.05, 0.1) is 10.6 Å². The molecule has 7 nitrogen and oxygen atoms in total. The molecule has 2 amide bonds. The second-order valence-corrected chi connectivity index (χ2v) is 11.4. The van der Waals surface area contributed by atoms with E-state index in [2.05, 4.69) is 10.3 Å². The number of alkyl halides is 3. The Morgan fingerprint density at radius 1 is 0.977 bits per heavy atom. The summed E-state index contributed by atoms with van der Waals surface area (Å²) in [7, 11) is 0. The van der Waals surface area contributed by atoms with Crippen molar-refractivity contribution in [3.8, 4) is 16.9 Å². The van der Waals surface area contributed by atoms with Gasteiger partial charge in [-0.05, 0) is 66.3 Å². The zero-order valence-corrected chi connectivity index (χ0v) is 24.7. The average molecular weight is 622 g/mol. The van der Waals surface area contributed by atoms with Crippen LogP contribution in [0.15, 0.2) is 78.2 Å². The van der Waals surface area contributed by atoms with Crippen LogP contribution in [0.5, 0.6) is 5.75 Å². The first kappa shape index (κ1) is 30.9. The van der Waals surface area contributed by atoms with Crippen molar-refractivity contribution in [2.75, 3.05) is 19.6 Å². The third-order valence-corrected chi connectivity index (χ3v) is 8.46. The molecule has 228 valence electrons. The SMILES string of the molecule is CC(=O)Oc1ccc(CCNC(=O)c2csc(C3CCN(C(=O)c4ccccc4-c4ccc(C(F)(F)F)cc4)CC3)n2)cc1. The van der Waals surface area contributed by atoms with Gasteiger partial charge in [0.1, 0.15) is 11.4 Å². The number of carbonyl (C=O) groups excluding carboxylic acids is 3. The number of rotatable bonds is 8. The van der Waals surface area contributed by atoms with Crippen LogP contribution in [0.3, 0.4) is 0 Å². The van der Waals surface area contributed by atoms with Gasteiger partial charge in [0.15, 0.2) is 0 Å². The van der Waals surface area contributed by atoms with Gasteiger partial charge in [-0.1, -0.05) is 42.5 Å². The molecule has 1 aromatic heterocycles. The molecule has 3 aromatic carbocycles. The number of ether oxygens (including phenoxy) is 1. The first-order valence-electron chi connectivity index (χ1n) is 14.2. The second kappa shape index (κ2) is 13.4. The maximum Gasteiger partial charge on any atom is 0.416 e. The number of thiazole rings is 1. The summed E-state index contributed by atoms with van der Waals surface area (Å²) in [6.07, 6.45) is -2.45. The number of esters is 1. The van der Waals surface area contributed by atoms with Gasteiger partial charge >= 0.3 is 12.1 Å². The molecule has 0 atom stereocenters. The Labute approximate surface area is 256 Å². The molecule has 5 rings (SSSR count). The first-order valence-corrected chi connectivity index (χ1v) is 15.0. The van der Waals surface area contributed by atoms with Crippen LogP contribution in [0.1, 0.15) is 62.7 Å². The lowest BCUT2D eigenvalue weighted by molar-refractivity contribution is -0.137. The van der Waals surface area contributed by atoms with Gasteiger partial charge in [-0.2, -0.15) is 13.2 Å². The lowest BCUT2D eigenvalue weighted by atomic mass is 9.94. The molecule has 0 spiro atoms. The van der Waals surface area contributed by atoms with Crippen LogP contribution in [-0.2, 0) is 17.4 Å². The molecular formula is C33H30F3N3O4S. The molecule has 0 bridgehead atoms. The van der Waals surface area contributed by atoms with Crippen LogP contribution in [0.4, 0.5) is 13.2 Å². The maximum atomic E-state index is 13.5. The summed E-state index contributed by atoms with van der Waals surface area (Å²) < 4.78 is 44.1. The molecule has 1 aliphatic rings. The molecule has 1 saturated heterocycles. The minimum Gasteiger partial charge on any atom is -0.427 e. The number of aromatic nitrogens is 1. The van der Waals surface area contributed by atoms with E-state index >= 15 is 0 Å². The van der Waals surface area contributed by atoms with Crippen molar-refractivity contribution in [1.29, 1.82) is 0 Å². The van der Waals surface area contributed by atoms with Crippen molar-refractivity contribution < 1.29 is 32.3 Å².